The van der Waals surface area contributed by atoms with Crippen molar-refractivity contribution in [1.82, 2.24) is 10.5 Å². The molecule has 1 aromatic heterocycles. The van der Waals surface area contributed by atoms with E-state index in [-0.39, 0.29) is 24.6 Å². The Morgan fingerprint density at radius 1 is 1.27 bits per heavy atom. The Morgan fingerprint density at radius 2 is 2.05 bits per heavy atom. The summed E-state index contributed by atoms with van der Waals surface area (Å²) in [5.41, 5.74) is 0.519. The largest absolute Gasteiger partial charge is 0.360 e. The van der Waals surface area contributed by atoms with Gasteiger partial charge in [-0.05, 0) is 25.0 Å². The predicted octanol–water partition coefficient (Wildman–Crippen LogP) is 1.81. The molecule has 0 aliphatic heterocycles. The molecule has 0 unspecified atom stereocenters. The van der Waals surface area contributed by atoms with Crippen molar-refractivity contribution >= 4 is 17.6 Å². The molecule has 0 saturated carbocycles. The number of nitrogens with one attached hydrogen (secondary N) is 2. The van der Waals surface area contributed by atoms with Gasteiger partial charge in [-0.3, -0.25) is 9.59 Å². The first-order valence-corrected chi connectivity index (χ1v) is 6.78. The molecule has 2 amide bonds. The molecule has 0 radical (unpaired) electrons. The molecule has 0 saturated heterocycles. The number of hydrogen-bond donors (Lipinski definition) is 2. The number of anilines is 1. The summed E-state index contributed by atoms with van der Waals surface area (Å²) < 4.78 is 18.2. The molecule has 2 N–H and O–H groups in total. The molecule has 0 atom stereocenters. The predicted molar refractivity (Wildman–Crippen MR) is 77.6 cm³/mol. The molecule has 0 aliphatic rings. The summed E-state index contributed by atoms with van der Waals surface area (Å²) in [5, 5.41) is 8.61. The zero-order valence-corrected chi connectivity index (χ0v) is 12.1. The third kappa shape index (κ3) is 4.69. The van der Waals surface area contributed by atoms with Gasteiger partial charge in [0.1, 0.15) is 18.0 Å². The van der Waals surface area contributed by atoms with Gasteiger partial charge in [0.25, 0.3) is 0 Å². The summed E-state index contributed by atoms with van der Waals surface area (Å²) in [6.07, 6.45) is 0.0334. The molecule has 2 rings (SSSR count). The van der Waals surface area contributed by atoms with E-state index in [2.05, 4.69) is 15.8 Å². The van der Waals surface area contributed by atoms with Gasteiger partial charge in [0, 0.05) is 12.6 Å². The van der Waals surface area contributed by atoms with Gasteiger partial charge in [-0.15, -0.1) is 0 Å². The maximum atomic E-state index is 13.4. The number of benzene rings is 1. The second-order valence-corrected chi connectivity index (χ2v) is 4.74. The second-order valence-electron chi connectivity index (χ2n) is 4.74. The Balaban J connectivity index is 1.71. The molecule has 0 aliphatic carbocycles. The van der Waals surface area contributed by atoms with E-state index in [1.807, 2.05) is 0 Å². The van der Waals surface area contributed by atoms with Crippen molar-refractivity contribution in [3.05, 3.63) is 47.5 Å². The van der Waals surface area contributed by atoms with Crippen LogP contribution >= 0.6 is 0 Å². The lowest BCUT2D eigenvalue weighted by atomic mass is 10.1. The molecule has 0 bridgehead atoms. The van der Waals surface area contributed by atoms with Crippen LogP contribution in [0.3, 0.4) is 0 Å². The van der Waals surface area contributed by atoms with Crippen molar-refractivity contribution in [3.8, 4) is 0 Å². The highest BCUT2D eigenvalue weighted by atomic mass is 19.1. The van der Waals surface area contributed by atoms with Gasteiger partial charge in [0.2, 0.25) is 11.8 Å². The third-order valence-corrected chi connectivity index (χ3v) is 2.89. The Hall–Kier alpha value is -2.70. The number of halogens is 1. The molecule has 6 nitrogen and oxygen atoms in total. The van der Waals surface area contributed by atoms with Crippen molar-refractivity contribution in [2.45, 2.75) is 19.8 Å². The Morgan fingerprint density at radius 3 is 2.73 bits per heavy atom. The molecule has 7 heteroatoms. The molecule has 116 valence electrons. The molecular weight excluding hydrogens is 289 g/mol. The van der Waals surface area contributed by atoms with E-state index in [0.717, 1.165) is 0 Å². The van der Waals surface area contributed by atoms with Crippen LogP contribution in [0.15, 0.2) is 34.9 Å². The molecular formula is C15H16FN3O3. The van der Waals surface area contributed by atoms with Crippen molar-refractivity contribution in [2.75, 3.05) is 11.9 Å². The van der Waals surface area contributed by atoms with E-state index in [1.165, 1.54) is 6.07 Å². The number of amides is 2. The van der Waals surface area contributed by atoms with Crippen molar-refractivity contribution in [2.24, 2.45) is 0 Å². The first-order chi connectivity index (χ1) is 10.5. The average Bonchev–Trinajstić information content (AvgIpc) is 2.86. The molecule has 1 aromatic carbocycles. The fraction of sp³-hybridized carbons (Fsp3) is 0.267. The Kier molecular flexibility index (Phi) is 5.24. The van der Waals surface area contributed by atoms with Crippen LogP contribution in [0.2, 0.25) is 0 Å². The van der Waals surface area contributed by atoms with Crippen molar-refractivity contribution < 1.29 is 18.5 Å². The number of nitrogens with zero attached hydrogens (tertiary/aromatic N) is 1. The first kappa shape index (κ1) is 15.7. The lowest BCUT2D eigenvalue weighted by Gasteiger charge is -2.06. The lowest BCUT2D eigenvalue weighted by Crippen LogP contribution is -2.29. The van der Waals surface area contributed by atoms with Crippen LogP contribution in [-0.4, -0.2) is 23.5 Å². The summed E-state index contributed by atoms with van der Waals surface area (Å²) in [5.74, 6) is -0.409. The number of carbonyl (C=O) groups excluding carboxylic acids is 2. The summed E-state index contributed by atoms with van der Waals surface area (Å²) in [7, 11) is 0. The number of hydrogen-bond acceptors (Lipinski definition) is 4. The molecule has 2 aromatic rings. The minimum atomic E-state index is -0.489. The van der Waals surface area contributed by atoms with Crippen LogP contribution in [0, 0.1) is 12.7 Å². The van der Waals surface area contributed by atoms with E-state index < -0.39 is 11.8 Å². The van der Waals surface area contributed by atoms with Crippen LogP contribution in [-0.2, 0) is 16.0 Å². The van der Waals surface area contributed by atoms with E-state index in [0.29, 0.717) is 17.7 Å². The number of aryl methyl sites for hydroxylation is 1. The fourth-order valence-corrected chi connectivity index (χ4v) is 1.86. The summed E-state index contributed by atoms with van der Waals surface area (Å²) in [6, 6.07) is 7.90. The second kappa shape index (κ2) is 7.35. The Labute approximate surface area is 126 Å². The summed E-state index contributed by atoms with van der Waals surface area (Å²) in [4.78, 5) is 23.2. The molecule has 0 spiro atoms. The van der Waals surface area contributed by atoms with Gasteiger partial charge in [-0.1, -0.05) is 23.4 Å². The zero-order valence-electron chi connectivity index (χ0n) is 12.1. The van der Waals surface area contributed by atoms with Crippen LogP contribution in [0.1, 0.15) is 17.7 Å². The van der Waals surface area contributed by atoms with E-state index in [1.54, 1.807) is 31.2 Å². The number of rotatable bonds is 6. The minimum Gasteiger partial charge on any atom is -0.360 e. The van der Waals surface area contributed by atoms with Crippen LogP contribution in [0.4, 0.5) is 10.2 Å². The highest BCUT2D eigenvalue weighted by molar-refractivity contribution is 6.03. The lowest BCUT2D eigenvalue weighted by molar-refractivity contribution is -0.126. The monoisotopic (exact) mass is 305 g/mol. The number of carbonyl (C=O) groups is 2. The smallest absolute Gasteiger partial charge is 0.235 e. The van der Waals surface area contributed by atoms with Gasteiger partial charge in [-0.2, -0.15) is 0 Å². The maximum Gasteiger partial charge on any atom is 0.235 e. The summed E-state index contributed by atoms with van der Waals surface area (Å²) in [6.45, 7) is 1.95. The maximum absolute atomic E-state index is 13.4. The van der Waals surface area contributed by atoms with E-state index >= 15 is 0 Å². The molecule has 22 heavy (non-hydrogen) atoms. The standard InChI is InChI=1S/C15H16FN3O3/c1-10-8-13(19-22-10)18-15(21)9-14(20)17-7-6-11-4-2-3-5-12(11)16/h2-5,8H,6-7,9H2,1H3,(H,17,20)(H,18,19,21). The molecule has 1 heterocycles. The highest BCUT2D eigenvalue weighted by Crippen LogP contribution is 2.07. The normalized spacial score (nSPS) is 10.3. The molecule has 0 fully saturated rings. The third-order valence-electron chi connectivity index (χ3n) is 2.89. The van der Waals surface area contributed by atoms with E-state index in [9.17, 15) is 14.0 Å². The van der Waals surface area contributed by atoms with Gasteiger partial charge >= 0.3 is 0 Å². The van der Waals surface area contributed by atoms with Crippen LogP contribution in [0.5, 0.6) is 0 Å². The average molecular weight is 305 g/mol. The minimum absolute atomic E-state index is 0.260. The first-order valence-electron chi connectivity index (χ1n) is 6.78. The highest BCUT2D eigenvalue weighted by Gasteiger charge is 2.11. The van der Waals surface area contributed by atoms with Gasteiger partial charge in [0.15, 0.2) is 5.82 Å². The van der Waals surface area contributed by atoms with Gasteiger partial charge < -0.3 is 15.2 Å². The van der Waals surface area contributed by atoms with Crippen molar-refractivity contribution in [1.29, 1.82) is 0 Å². The topological polar surface area (TPSA) is 84.2 Å². The van der Waals surface area contributed by atoms with Crippen molar-refractivity contribution in [3.63, 3.8) is 0 Å². The Bertz CT molecular complexity index is 670. The SMILES string of the molecule is Cc1cc(NC(=O)CC(=O)NCCc2ccccc2F)no1. The van der Waals surface area contributed by atoms with Crippen LogP contribution < -0.4 is 10.6 Å². The fourth-order valence-electron chi connectivity index (χ4n) is 1.86. The zero-order chi connectivity index (χ0) is 15.9. The number of aromatic nitrogens is 1. The van der Waals surface area contributed by atoms with Gasteiger partial charge in [0.05, 0.1) is 0 Å². The quantitative estimate of drug-likeness (QED) is 0.797. The van der Waals surface area contributed by atoms with Crippen LogP contribution in [0.25, 0.3) is 0 Å². The summed E-state index contributed by atoms with van der Waals surface area (Å²) >= 11 is 0. The van der Waals surface area contributed by atoms with E-state index in [4.69, 9.17) is 4.52 Å². The van der Waals surface area contributed by atoms with Gasteiger partial charge in [-0.25, -0.2) is 4.39 Å².